The van der Waals surface area contributed by atoms with Gasteiger partial charge in [0.05, 0.1) is 0 Å². The third kappa shape index (κ3) is 3.23. The van der Waals surface area contributed by atoms with Crippen molar-refractivity contribution in [2.24, 2.45) is 5.92 Å². The van der Waals surface area contributed by atoms with E-state index in [1.807, 2.05) is 12.1 Å². The number of halogens is 1. The first-order valence-electron chi connectivity index (χ1n) is 6.66. The summed E-state index contributed by atoms with van der Waals surface area (Å²) in [5.74, 6) is -0.146. The lowest BCUT2D eigenvalue weighted by Gasteiger charge is -2.07. The fraction of sp³-hybridized carbons (Fsp3) is 0.235. The number of nitrogens with two attached hydrogens (primary N) is 1. The van der Waals surface area contributed by atoms with Gasteiger partial charge in [0.1, 0.15) is 5.82 Å². The summed E-state index contributed by atoms with van der Waals surface area (Å²) in [6.07, 6.45) is 0.969. The van der Waals surface area contributed by atoms with E-state index < -0.39 is 5.82 Å². The third-order valence-electron chi connectivity index (χ3n) is 3.12. The van der Waals surface area contributed by atoms with E-state index in [1.54, 1.807) is 12.1 Å². The molecule has 2 aromatic rings. The highest BCUT2D eigenvalue weighted by atomic mass is 19.1. The van der Waals surface area contributed by atoms with Gasteiger partial charge in [0.15, 0.2) is 5.78 Å². The van der Waals surface area contributed by atoms with Gasteiger partial charge in [-0.15, -0.1) is 0 Å². The fourth-order valence-corrected chi connectivity index (χ4v) is 2.14. The van der Waals surface area contributed by atoms with Crippen molar-refractivity contribution < 1.29 is 9.18 Å². The largest absolute Gasteiger partial charge is 0.398 e. The summed E-state index contributed by atoms with van der Waals surface area (Å²) < 4.78 is 13.2. The molecule has 0 aliphatic carbocycles. The smallest absolute Gasteiger partial charge is 0.195 e. The average molecular weight is 271 g/mol. The molecule has 0 radical (unpaired) electrons. The maximum Gasteiger partial charge on any atom is 0.195 e. The molecule has 0 amide bonds. The number of nitrogen functional groups attached to an aromatic ring is 1. The molecule has 0 fully saturated rings. The quantitative estimate of drug-likeness (QED) is 0.678. The highest BCUT2D eigenvalue weighted by Crippen LogP contribution is 2.19. The van der Waals surface area contributed by atoms with Gasteiger partial charge in [-0.05, 0) is 36.1 Å². The Morgan fingerprint density at radius 2 is 1.80 bits per heavy atom. The molecule has 0 heterocycles. The first-order chi connectivity index (χ1) is 9.47. The first kappa shape index (κ1) is 14.3. The molecule has 2 nitrogen and oxygen atoms in total. The van der Waals surface area contributed by atoms with Crippen LogP contribution in [0.4, 0.5) is 10.1 Å². The van der Waals surface area contributed by atoms with Crippen LogP contribution in [-0.4, -0.2) is 5.78 Å². The topological polar surface area (TPSA) is 43.1 Å². The van der Waals surface area contributed by atoms with Crippen LogP contribution in [0, 0.1) is 11.7 Å². The second kappa shape index (κ2) is 5.87. The van der Waals surface area contributed by atoms with E-state index in [-0.39, 0.29) is 11.3 Å². The number of anilines is 1. The van der Waals surface area contributed by atoms with Gasteiger partial charge >= 0.3 is 0 Å². The summed E-state index contributed by atoms with van der Waals surface area (Å²) in [5.41, 5.74) is 7.95. The lowest BCUT2D eigenvalue weighted by Crippen LogP contribution is -2.06. The van der Waals surface area contributed by atoms with Crippen LogP contribution in [0.5, 0.6) is 0 Å². The molecule has 20 heavy (non-hydrogen) atoms. The minimum Gasteiger partial charge on any atom is -0.398 e. The van der Waals surface area contributed by atoms with Crippen LogP contribution in [0.1, 0.15) is 35.3 Å². The molecule has 0 atom stereocenters. The number of carbonyl (C=O) groups excluding carboxylic acids is 1. The van der Waals surface area contributed by atoms with E-state index in [0.717, 1.165) is 6.42 Å². The Hall–Kier alpha value is -2.16. The van der Waals surface area contributed by atoms with Crippen molar-refractivity contribution in [1.82, 2.24) is 0 Å². The van der Waals surface area contributed by atoms with Crippen molar-refractivity contribution in [3.05, 3.63) is 65.0 Å². The summed E-state index contributed by atoms with van der Waals surface area (Å²) in [6.45, 7) is 4.29. The summed E-state index contributed by atoms with van der Waals surface area (Å²) >= 11 is 0. The second-order valence-corrected chi connectivity index (χ2v) is 5.36. The van der Waals surface area contributed by atoms with Crippen LogP contribution in [0.15, 0.2) is 42.5 Å². The highest BCUT2D eigenvalue weighted by molar-refractivity contribution is 6.12. The molecule has 0 bridgehead atoms. The Morgan fingerprint density at radius 3 is 2.40 bits per heavy atom. The van der Waals surface area contributed by atoms with Crippen molar-refractivity contribution in [1.29, 1.82) is 0 Å². The van der Waals surface area contributed by atoms with E-state index in [1.165, 1.54) is 23.8 Å². The molecule has 0 saturated carbocycles. The lowest BCUT2D eigenvalue weighted by atomic mass is 9.98. The van der Waals surface area contributed by atoms with Crippen molar-refractivity contribution in [2.75, 3.05) is 5.73 Å². The minimum absolute atomic E-state index is 0.210. The Morgan fingerprint density at radius 1 is 1.15 bits per heavy atom. The maximum atomic E-state index is 13.2. The number of rotatable bonds is 4. The van der Waals surface area contributed by atoms with Crippen molar-refractivity contribution in [3.8, 4) is 0 Å². The SMILES string of the molecule is CC(C)Cc1ccc(C(=O)c2cc(F)ccc2N)cc1. The predicted octanol–water partition coefficient (Wildman–Crippen LogP) is 3.84. The number of hydrogen-bond donors (Lipinski definition) is 1. The van der Waals surface area contributed by atoms with Crippen molar-refractivity contribution in [2.45, 2.75) is 20.3 Å². The summed E-state index contributed by atoms with van der Waals surface area (Å²) in [5, 5.41) is 0. The molecule has 0 unspecified atom stereocenters. The summed E-state index contributed by atoms with van der Waals surface area (Å²) in [7, 11) is 0. The highest BCUT2D eigenvalue weighted by Gasteiger charge is 2.13. The molecule has 2 rings (SSSR count). The van der Waals surface area contributed by atoms with Gasteiger partial charge < -0.3 is 5.73 Å². The molecular formula is C17H18FNO. The molecule has 0 aliphatic heterocycles. The van der Waals surface area contributed by atoms with Gasteiger partial charge in [0.25, 0.3) is 0 Å². The van der Waals surface area contributed by atoms with Gasteiger partial charge in [-0.1, -0.05) is 38.1 Å². The standard InChI is InChI=1S/C17H18FNO/c1-11(2)9-12-3-5-13(6-4-12)17(20)15-10-14(18)7-8-16(15)19/h3-8,10-11H,9,19H2,1-2H3. The van der Waals surface area contributed by atoms with Crippen LogP contribution in [-0.2, 0) is 6.42 Å². The molecule has 3 heteroatoms. The normalized spacial score (nSPS) is 10.8. The van der Waals surface area contributed by atoms with Gasteiger partial charge in [0, 0.05) is 16.8 Å². The Labute approximate surface area is 118 Å². The monoisotopic (exact) mass is 271 g/mol. The van der Waals surface area contributed by atoms with Gasteiger partial charge in [-0.2, -0.15) is 0 Å². The Balaban J connectivity index is 2.27. The second-order valence-electron chi connectivity index (χ2n) is 5.36. The molecule has 2 aromatic carbocycles. The third-order valence-corrected chi connectivity index (χ3v) is 3.12. The van der Waals surface area contributed by atoms with Gasteiger partial charge in [-0.25, -0.2) is 4.39 Å². The van der Waals surface area contributed by atoms with Gasteiger partial charge in [0.2, 0.25) is 0 Å². The van der Waals surface area contributed by atoms with E-state index in [2.05, 4.69) is 13.8 Å². The minimum atomic E-state index is -0.459. The predicted molar refractivity (Wildman–Crippen MR) is 79.2 cm³/mol. The summed E-state index contributed by atoms with van der Waals surface area (Å²) in [6, 6.07) is 11.2. The number of ketones is 1. The zero-order valence-electron chi connectivity index (χ0n) is 11.7. The van der Waals surface area contributed by atoms with E-state index in [9.17, 15) is 9.18 Å². The Kier molecular flexibility index (Phi) is 4.18. The lowest BCUT2D eigenvalue weighted by molar-refractivity contribution is 0.103. The van der Waals surface area contributed by atoms with Crippen molar-refractivity contribution >= 4 is 11.5 Å². The van der Waals surface area contributed by atoms with Gasteiger partial charge in [-0.3, -0.25) is 4.79 Å². The van der Waals surface area contributed by atoms with E-state index >= 15 is 0 Å². The van der Waals surface area contributed by atoms with E-state index in [0.29, 0.717) is 17.2 Å². The number of hydrogen-bond acceptors (Lipinski definition) is 2. The first-order valence-corrected chi connectivity index (χ1v) is 6.66. The van der Waals surface area contributed by atoms with Crippen LogP contribution in [0.25, 0.3) is 0 Å². The number of carbonyl (C=O) groups is 1. The van der Waals surface area contributed by atoms with Crippen LogP contribution in [0.2, 0.25) is 0 Å². The molecule has 0 saturated heterocycles. The zero-order chi connectivity index (χ0) is 14.7. The summed E-state index contributed by atoms with van der Waals surface area (Å²) in [4.78, 5) is 12.3. The molecule has 0 aromatic heterocycles. The molecule has 0 spiro atoms. The molecule has 0 aliphatic rings. The Bertz CT molecular complexity index is 617. The van der Waals surface area contributed by atoms with Crippen LogP contribution >= 0.6 is 0 Å². The molecule has 104 valence electrons. The van der Waals surface area contributed by atoms with Crippen LogP contribution in [0.3, 0.4) is 0 Å². The molecule has 2 N–H and O–H groups in total. The maximum absolute atomic E-state index is 13.2. The van der Waals surface area contributed by atoms with E-state index in [4.69, 9.17) is 5.73 Å². The molecular weight excluding hydrogens is 253 g/mol. The fourth-order valence-electron chi connectivity index (χ4n) is 2.14. The zero-order valence-corrected chi connectivity index (χ0v) is 11.7. The van der Waals surface area contributed by atoms with Crippen LogP contribution < -0.4 is 5.73 Å². The number of benzene rings is 2. The van der Waals surface area contributed by atoms with Crippen molar-refractivity contribution in [3.63, 3.8) is 0 Å². The average Bonchev–Trinajstić information content (AvgIpc) is 2.41.